The fraction of sp³-hybridized carbons (Fsp3) is 0.348. The molecule has 30 heavy (non-hydrogen) atoms. The van der Waals surface area contributed by atoms with Crippen molar-refractivity contribution in [1.82, 2.24) is 9.47 Å². The number of fused-ring (bicyclic) bond motifs is 1. The first-order chi connectivity index (χ1) is 14.3. The lowest BCUT2D eigenvalue weighted by molar-refractivity contribution is -0.143. The van der Waals surface area contributed by atoms with Gasteiger partial charge in [0.15, 0.2) is 9.84 Å². The highest BCUT2D eigenvalue weighted by Gasteiger charge is 2.27. The van der Waals surface area contributed by atoms with E-state index in [1.54, 1.807) is 33.9 Å². The minimum Gasteiger partial charge on any atom is -0.372 e. The van der Waals surface area contributed by atoms with Gasteiger partial charge in [0.2, 0.25) is 5.91 Å². The lowest BCUT2D eigenvalue weighted by atomic mass is 10.2. The first-order valence-corrected chi connectivity index (χ1v) is 11.8. The van der Waals surface area contributed by atoms with Gasteiger partial charge in [-0.2, -0.15) is 0 Å². The van der Waals surface area contributed by atoms with Gasteiger partial charge in [-0.15, -0.1) is 0 Å². The van der Waals surface area contributed by atoms with E-state index in [2.05, 4.69) is 0 Å². The van der Waals surface area contributed by atoms with Crippen molar-refractivity contribution in [2.24, 2.45) is 0 Å². The number of aromatic nitrogens is 1. The van der Waals surface area contributed by atoms with E-state index in [1.165, 1.54) is 0 Å². The average molecular weight is 427 g/mol. The minimum atomic E-state index is -3.56. The van der Waals surface area contributed by atoms with Crippen molar-refractivity contribution in [2.75, 3.05) is 13.1 Å². The van der Waals surface area contributed by atoms with E-state index in [0.717, 1.165) is 11.1 Å². The van der Waals surface area contributed by atoms with Crippen molar-refractivity contribution in [3.8, 4) is 0 Å². The van der Waals surface area contributed by atoms with Crippen LogP contribution in [-0.2, 0) is 31.7 Å². The van der Waals surface area contributed by atoms with Gasteiger partial charge in [-0.3, -0.25) is 4.79 Å². The molecule has 0 radical (unpaired) electrons. The van der Waals surface area contributed by atoms with Gasteiger partial charge < -0.3 is 14.2 Å². The summed E-state index contributed by atoms with van der Waals surface area (Å²) >= 11 is 0. The zero-order valence-electron chi connectivity index (χ0n) is 17.2. The van der Waals surface area contributed by atoms with Crippen LogP contribution in [0.15, 0.2) is 65.7 Å². The number of morpholine rings is 1. The van der Waals surface area contributed by atoms with Crippen molar-refractivity contribution < 1.29 is 17.9 Å². The third kappa shape index (κ3) is 4.27. The molecule has 1 aliphatic heterocycles. The fourth-order valence-electron chi connectivity index (χ4n) is 4.09. The van der Waals surface area contributed by atoms with Crippen LogP contribution in [0.2, 0.25) is 0 Å². The van der Waals surface area contributed by atoms with E-state index < -0.39 is 9.84 Å². The Labute approximate surface area is 177 Å². The molecule has 2 aromatic carbocycles. The zero-order valence-corrected chi connectivity index (χ0v) is 18.0. The molecule has 2 atom stereocenters. The van der Waals surface area contributed by atoms with E-state index in [4.69, 9.17) is 4.74 Å². The maximum Gasteiger partial charge on any atom is 0.242 e. The second-order valence-corrected chi connectivity index (χ2v) is 9.90. The molecule has 2 unspecified atom stereocenters. The van der Waals surface area contributed by atoms with Gasteiger partial charge in [0.1, 0.15) is 6.54 Å². The molecule has 1 amide bonds. The molecule has 3 aromatic rings. The van der Waals surface area contributed by atoms with Gasteiger partial charge in [-0.25, -0.2) is 8.42 Å². The van der Waals surface area contributed by atoms with Crippen LogP contribution in [0, 0.1) is 0 Å². The average Bonchev–Trinajstić information content (AvgIpc) is 3.07. The predicted molar refractivity (Wildman–Crippen MR) is 116 cm³/mol. The molecular formula is C23H26N2O4S. The molecule has 1 aromatic heterocycles. The van der Waals surface area contributed by atoms with E-state index in [9.17, 15) is 13.2 Å². The Kier molecular flexibility index (Phi) is 5.66. The lowest BCUT2D eigenvalue weighted by Crippen LogP contribution is -2.49. The molecule has 1 aliphatic rings. The minimum absolute atomic E-state index is 0.0130. The summed E-state index contributed by atoms with van der Waals surface area (Å²) in [7, 11) is -3.56. The van der Waals surface area contributed by atoms with Crippen LogP contribution in [-0.4, -0.2) is 49.1 Å². The summed E-state index contributed by atoms with van der Waals surface area (Å²) in [6, 6.07) is 16.5. The highest BCUT2D eigenvalue weighted by atomic mass is 32.2. The smallest absolute Gasteiger partial charge is 0.242 e. The van der Waals surface area contributed by atoms with Crippen molar-refractivity contribution in [1.29, 1.82) is 0 Å². The monoisotopic (exact) mass is 426 g/mol. The van der Waals surface area contributed by atoms with Gasteiger partial charge in [0.25, 0.3) is 0 Å². The van der Waals surface area contributed by atoms with E-state index in [-0.39, 0.29) is 35.3 Å². The number of carbonyl (C=O) groups excluding carboxylic acids is 1. The number of ether oxygens (including phenoxy) is 1. The maximum atomic E-state index is 13.2. The Morgan fingerprint density at radius 3 is 2.33 bits per heavy atom. The van der Waals surface area contributed by atoms with Crippen LogP contribution in [0.25, 0.3) is 10.9 Å². The van der Waals surface area contributed by atoms with Crippen LogP contribution in [0.3, 0.4) is 0 Å². The maximum absolute atomic E-state index is 13.2. The molecule has 1 saturated heterocycles. The summed E-state index contributed by atoms with van der Waals surface area (Å²) in [5.74, 6) is -0.112. The summed E-state index contributed by atoms with van der Waals surface area (Å²) in [6.07, 6.45) is 1.58. The van der Waals surface area contributed by atoms with Crippen LogP contribution in [0.5, 0.6) is 0 Å². The first kappa shape index (κ1) is 20.6. The van der Waals surface area contributed by atoms with Gasteiger partial charge in [0.05, 0.1) is 22.9 Å². The number of sulfone groups is 1. The Morgan fingerprint density at radius 1 is 1.00 bits per heavy atom. The SMILES string of the molecule is CC1CN(C(=O)Cn2cc(S(=O)(=O)Cc3ccccc3)c3ccccc32)CC(C)O1. The highest BCUT2D eigenvalue weighted by molar-refractivity contribution is 7.90. The molecule has 4 rings (SSSR count). The molecule has 0 saturated carbocycles. The van der Waals surface area contributed by atoms with E-state index in [1.807, 2.05) is 50.2 Å². The van der Waals surface area contributed by atoms with Gasteiger partial charge in [-0.1, -0.05) is 48.5 Å². The molecule has 0 spiro atoms. The second kappa shape index (κ2) is 8.24. The lowest BCUT2D eigenvalue weighted by Gasteiger charge is -2.35. The van der Waals surface area contributed by atoms with Crippen LogP contribution < -0.4 is 0 Å². The zero-order chi connectivity index (χ0) is 21.3. The summed E-state index contributed by atoms with van der Waals surface area (Å²) in [4.78, 5) is 15.0. The molecule has 0 bridgehead atoms. The summed E-state index contributed by atoms with van der Waals surface area (Å²) in [6.45, 7) is 5.09. The normalized spacial score (nSPS) is 19.9. The number of hydrogen-bond donors (Lipinski definition) is 0. The fourth-order valence-corrected chi connectivity index (χ4v) is 5.67. The third-order valence-corrected chi connectivity index (χ3v) is 7.07. The Morgan fingerprint density at radius 2 is 1.63 bits per heavy atom. The molecular weight excluding hydrogens is 400 g/mol. The van der Waals surface area contributed by atoms with E-state index in [0.29, 0.717) is 18.5 Å². The summed E-state index contributed by atoms with van der Waals surface area (Å²) in [5.41, 5.74) is 1.48. The number of rotatable bonds is 5. The van der Waals surface area contributed by atoms with Crippen molar-refractivity contribution in [3.05, 3.63) is 66.4 Å². The Bertz CT molecular complexity index is 1140. The molecule has 2 heterocycles. The molecule has 158 valence electrons. The van der Waals surface area contributed by atoms with Gasteiger partial charge in [0, 0.05) is 30.2 Å². The quantitative estimate of drug-likeness (QED) is 0.628. The van der Waals surface area contributed by atoms with Gasteiger partial charge >= 0.3 is 0 Å². The number of amides is 1. The summed E-state index contributed by atoms with van der Waals surface area (Å²) < 4.78 is 33.8. The van der Waals surface area contributed by atoms with Crippen molar-refractivity contribution >= 4 is 26.6 Å². The highest BCUT2D eigenvalue weighted by Crippen LogP contribution is 2.28. The predicted octanol–water partition coefficient (Wildman–Crippen LogP) is 3.25. The largest absolute Gasteiger partial charge is 0.372 e. The Balaban J connectivity index is 1.65. The molecule has 6 nitrogen and oxygen atoms in total. The number of nitrogens with zero attached hydrogens (tertiary/aromatic N) is 2. The van der Waals surface area contributed by atoms with Crippen LogP contribution in [0.1, 0.15) is 19.4 Å². The Hall–Kier alpha value is -2.64. The van der Waals surface area contributed by atoms with E-state index >= 15 is 0 Å². The number of para-hydroxylation sites is 1. The van der Waals surface area contributed by atoms with Crippen LogP contribution in [0.4, 0.5) is 0 Å². The standard InChI is InChI=1S/C23H26N2O4S/c1-17-12-25(13-18(2)29-17)23(26)15-24-14-22(20-10-6-7-11-21(20)24)30(27,28)16-19-8-4-3-5-9-19/h3-11,14,17-18H,12-13,15-16H2,1-2H3. The van der Waals surface area contributed by atoms with Gasteiger partial charge in [-0.05, 0) is 25.5 Å². The summed E-state index contributed by atoms with van der Waals surface area (Å²) in [5, 5.41) is 0.643. The van der Waals surface area contributed by atoms with Crippen LogP contribution >= 0.6 is 0 Å². The molecule has 1 fully saturated rings. The third-order valence-electron chi connectivity index (χ3n) is 5.36. The second-order valence-electron chi connectivity index (χ2n) is 7.94. The first-order valence-electron chi connectivity index (χ1n) is 10.1. The molecule has 0 aliphatic carbocycles. The molecule has 7 heteroatoms. The van der Waals surface area contributed by atoms with Crippen molar-refractivity contribution in [3.63, 3.8) is 0 Å². The number of hydrogen-bond acceptors (Lipinski definition) is 4. The number of benzene rings is 2. The van der Waals surface area contributed by atoms with Crippen molar-refractivity contribution in [2.45, 2.75) is 43.2 Å². The topological polar surface area (TPSA) is 68.6 Å². The number of carbonyl (C=O) groups is 1. The molecule has 0 N–H and O–H groups in total.